The largest absolute Gasteiger partial charge is 1.00 e. The van der Waals surface area contributed by atoms with E-state index in [1.54, 1.807) is 12.5 Å². The second-order valence-corrected chi connectivity index (χ2v) is 12.8. The minimum atomic E-state index is -1.30. The number of rotatable bonds is 4. The maximum absolute atomic E-state index is 5.84. The van der Waals surface area contributed by atoms with E-state index in [2.05, 4.69) is 72.8 Å². The molecule has 2 aliphatic carbocycles. The summed E-state index contributed by atoms with van der Waals surface area (Å²) in [4.78, 5) is 0. The van der Waals surface area contributed by atoms with Crippen LogP contribution >= 0.6 is 0 Å². The van der Waals surface area contributed by atoms with Gasteiger partial charge in [-0.05, 0) is 0 Å². The van der Waals surface area contributed by atoms with E-state index >= 15 is 0 Å². The van der Waals surface area contributed by atoms with Crippen LogP contribution in [0.4, 0.5) is 0 Å². The molecule has 2 aliphatic rings. The average Bonchev–Trinajstić information content (AvgIpc) is 3.55. The van der Waals surface area contributed by atoms with E-state index in [9.17, 15) is 0 Å². The molecular weight excluding hydrogens is 683 g/mol. The molecule has 0 spiro atoms. The molecule has 0 amide bonds. The van der Waals surface area contributed by atoms with Crippen molar-refractivity contribution in [2.24, 2.45) is 0 Å². The Morgan fingerprint density at radius 3 is 1.42 bits per heavy atom. The molecule has 0 saturated heterocycles. The first kappa shape index (κ1) is 22.5. The standard InChI is InChI=1S/2C13H9O.2BrH.Hf/c2*1-2-5-11-9-12(8-10(11)4-1)13-6-3-7-14-13;;;/h2*1-9H;2*1H;/q;;;;+2/p-2. The summed E-state index contributed by atoms with van der Waals surface area (Å²) in [5.41, 5.74) is 8.30. The van der Waals surface area contributed by atoms with Gasteiger partial charge in [-0.3, -0.25) is 0 Å². The van der Waals surface area contributed by atoms with Gasteiger partial charge in [0.05, 0.1) is 0 Å². The van der Waals surface area contributed by atoms with Crippen molar-refractivity contribution in [1.82, 2.24) is 0 Å². The van der Waals surface area contributed by atoms with E-state index in [4.69, 9.17) is 8.83 Å². The van der Waals surface area contributed by atoms with Crippen molar-refractivity contribution in [2.45, 2.75) is 7.35 Å². The van der Waals surface area contributed by atoms with Crippen molar-refractivity contribution in [1.29, 1.82) is 0 Å². The van der Waals surface area contributed by atoms with E-state index in [0.717, 1.165) is 11.5 Å². The minimum Gasteiger partial charge on any atom is -1.00 e. The molecule has 0 bridgehead atoms. The van der Waals surface area contributed by atoms with E-state index in [0.29, 0.717) is 7.35 Å². The SMILES string of the molecule is C1=C(c2ccco2)[CH]([Hf+2][CH]2C(c3ccco3)=Cc3ccccc32)c2ccccc21.[Br-].[Br-]. The zero-order valence-electron chi connectivity index (χ0n) is 16.5. The molecule has 0 N–H and O–H groups in total. The van der Waals surface area contributed by atoms with E-state index in [1.165, 1.54) is 33.4 Å². The molecule has 0 radical (unpaired) electrons. The van der Waals surface area contributed by atoms with Crippen molar-refractivity contribution < 1.29 is 65.7 Å². The summed E-state index contributed by atoms with van der Waals surface area (Å²) in [6.07, 6.45) is 8.23. The van der Waals surface area contributed by atoms with Crippen LogP contribution in [-0.2, 0) is 22.9 Å². The molecule has 31 heavy (non-hydrogen) atoms. The molecule has 0 saturated carbocycles. The predicted octanol–water partition coefficient (Wildman–Crippen LogP) is 0.854. The Kier molecular flexibility index (Phi) is 6.85. The zero-order valence-corrected chi connectivity index (χ0v) is 23.2. The van der Waals surface area contributed by atoms with Gasteiger partial charge in [0.1, 0.15) is 0 Å². The Balaban J connectivity index is 0.00000116. The molecule has 2 nitrogen and oxygen atoms in total. The summed E-state index contributed by atoms with van der Waals surface area (Å²) in [5.74, 6) is 2.02. The molecule has 2 atom stereocenters. The van der Waals surface area contributed by atoms with Crippen molar-refractivity contribution >= 4 is 23.3 Å². The number of halogens is 2. The Hall–Kier alpha value is -1.69. The topological polar surface area (TPSA) is 26.3 Å². The number of hydrogen-bond donors (Lipinski definition) is 0. The van der Waals surface area contributed by atoms with Gasteiger partial charge in [-0.15, -0.1) is 0 Å². The molecule has 2 heterocycles. The van der Waals surface area contributed by atoms with Crippen LogP contribution in [0.5, 0.6) is 0 Å². The van der Waals surface area contributed by atoms with Gasteiger partial charge in [0, 0.05) is 0 Å². The number of benzene rings is 2. The fourth-order valence-corrected chi connectivity index (χ4v) is 11.8. The second kappa shape index (κ2) is 9.43. The summed E-state index contributed by atoms with van der Waals surface area (Å²) in [5, 5.41) is 0. The normalized spacial score (nSPS) is 18.1. The summed E-state index contributed by atoms with van der Waals surface area (Å²) in [6.45, 7) is 0. The van der Waals surface area contributed by atoms with Crippen molar-refractivity contribution in [3.05, 3.63) is 119 Å². The molecule has 2 aromatic carbocycles. The zero-order chi connectivity index (χ0) is 19.2. The maximum atomic E-state index is 5.84. The molecule has 2 unspecified atom stereocenters. The molecule has 5 heteroatoms. The predicted molar refractivity (Wildman–Crippen MR) is 112 cm³/mol. The van der Waals surface area contributed by atoms with Gasteiger partial charge in [-0.2, -0.15) is 0 Å². The first-order chi connectivity index (χ1) is 14.4. The molecule has 4 aromatic rings. The van der Waals surface area contributed by atoms with Gasteiger partial charge in [0.15, 0.2) is 0 Å². The Bertz CT molecular complexity index is 1140. The minimum absolute atomic E-state index is 0. The van der Waals surface area contributed by atoms with E-state index in [1.807, 2.05) is 12.1 Å². The molecule has 0 aliphatic heterocycles. The first-order valence-electron chi connectivity index (χ1n) is 9.83. The van der Waals surface area contributed by atoms with E-state index in [-0.39, 0.29) is 34.0 Å². The van der Waals surface area contributed by atoms with Crippen molar-refractivity contribution in [3.63, 3.8) is 0 Å². The van der Waals surface area contributed by atoms with Gasteiger partial charge in [-0.1, -0.05) is 0 Å². The average molecular weight is 701 g/mol. The third-order valence-electron chi connectivity index (χ3n) is 5.80. The third-order valence-corrected chi connectivity index (χ3v) is 12.7. The summed E-state index contributed by atoms with van der Waals surface area (Å²) in [7, 11) is 0. The maximum Gasteiger partial charge on any atom is -1.00 e. The Morgan fingerprint density at radius 1 is 0.548 bits per heavy atom. The first-order valence-corrected chi connectivity index (χ1v) is 14.0. The van der Waals surface area contributed by atoms with Crippen molar-refractivity contribution in [3.8, 4) is 0 Å². The third kappa shape index (κ3) is 3.96. The molecule has 152 valence electrons. The molecule has 0 fully saturated rings. The monoisotopic (exact) mass is 700 g/mol. The van der Waals surface area contributed by atoms with Crippen LogP contribution in [0.15, 0.2) is 94.2 Å². The Morgan fingerprint density at radius 2 is 1.00 bits per heavy atom. The van der Waals surface area contributed by atoms with Gasteiger partial charge in [0.25, 0.3) is 0 Å². The molecule has 6 rings (SSSR count). The second-order valence-electron chi connectivity index (χ2n) is 7.44. The fourth-order valence-electron chi connectivity index (χ4n) is 4.49. The van der Waals surface area contributed by atoms with Gasteiger partial charge >= 0.3 is 181 Å². The van der Waals surface area contributed by atoms with Crippen LogP contribution in [0.3, 0.4) is 0 Å². The van der Waals surface area contributed by atoms with Crippen LogP contribution in [0.1, 0.15) is 41.1 Å². The van der Waals surface area contributed by atoms with Gasteiger partial charge in [0.2, 0.25) is 0 Å². The van der Waals surface area contributed by atoms with Gasteiger partial charge in [-0.25, -0.2) is 0 Å². The smallest absolute Gasteiger partial charge is 1.00 e. The van der Waals surface area contributed by atoms with Crippen molar-refractivity contribution in [2.75, 3.05) is 0 Å². The van der Waals surface area contributed by atoms with Crippen LogP contribution < -0.4 is 34.0 Å². The number of allylic oxidation sites excluding steroid dienone is 2. The summed E-state index contributed by atoms with van der Waals surface area (Å²) < 4.78 is 12.6. The summed E-state index contributed by atoms with van der Waals surface area (Å²) in [6, 6.07) is 25.8. The van der Waals surface area contributed by atoms with Crippen LogP contribution in [0.25, 0.3) is 23.3 Å². The molecule has 2 aromatic heterocycles. The quantitative estimate of drug-likeness (QED) is 0.296. The number of hydrogen-bond acceptors (Lipinski definition) is 2. The van der Waals surface area contributed by atoms with Crippen LogP contribution in [0, 0.1) is 0 Å². The Labute approximate surface area is 213 Å². The fraction of sp³-hybridized carbons (Fsp3) is 0.0769. The van der Waals surface area contributed by atoms with E-state index < -0.39 is 22.9 Å². The van der Waals surface area contributed by atoms with Gasteiger partial charge < -0.3 is 34.0 Å². The number of furan rings is 2. The summed E-state index contributed by atoms with van der Waals surface area (Å²) >= 11 is -1.30. The van der Waals surface area contributed by atoms with Crippen LogP contribution in [-0.4, -0.2) is 0 Å². The number of fused-ring (bicyclic) bond motifs is 2. The van der Waals surface area contributed by atoms with Crippen LogP contribution in [0.2, 0.25) is 0 Å². The molecular formula is C26H18Br2HfO2.